The molecule has 5 rings (SSSR count). The number of fused-ring (bicyclic) bond motifs is 5. The summed E-state index contributed by atoms with van der Waals surface area (Å²) in [5.74, 6) is 1.31. The third-order valence-electron chi connectivity index (χ3n) is 9.78. The topological polar surface area (TPSA) is 84.3 Å². The van der Waals surface area contributed by atoms with Crippen LogP contribution in [-0.4, -0.2) is 27.8 Å². The molecule has 28 heavy (non-hydrogen) atoms. The van der Waals surface area contributed by atoms with E-state index in [2.05, 4.69) is 30.6 Å². The molecule has 0 aromatic rings. The summed E-state index contributed by atoms with van der Waals surface area (Å²) in [6.07, 6.45) is 17.5. The monoisotopic (exact) mass is 385 g/mol. The van der Waals surface area contributed by atoms with E-state index in [0.29, 0.717) is 23.8 Å². The van der Waals surface area contributed by atoms with Crippen molar-refractivity contribution in [3.8, 4) is 0 Å². The van der Waals surface area contributed by atoms with Crippen LogP contribution in [0.2, 0.25) is 0 Å². The lowest BCUT2D eigenvalue weighted by Crippen LogP contribution is -2.74. The maximum atomic E-state index is 10.7. The quantitative estimate of drug-likeness (QED) is 0.522. The highest BCUT2D eigenvalue weighted by molar-refractivity contribution is 5.34. The minimum atomic E-state index is -0.548. The predicted molar refractivity (Wildman–Crippen MR) is 113 cm³/mol. The molecule has 2 unspecified atom stereocenters. The van der Waals surface area contributed by atoms with Crippen molar-refractivity contribution in [2.24, 2.45) is 34.6 Å². The standard InChI is InChI=1S/C24H39N3O/c1-21(28)12-13-23(25)16(15-21)8-11-24(26)19-7-6-17(18-5-3-4-14-27-18)22(19,2)10-9-20(23)24/h4,6,14,16,18-20,27-28H,3,5,7-13,15,25-26H2,1-2H3/t16-,18?,19-,20-,21-,22-,23-,24?/m1/s1. The number of aliphatic hydroxyl groups is 1. The third-order valence-corrected chi connectivity index (χ3v) is 9.78. The van der Waals surface area contributed by atoms with Crippen LogP contribution in [0.25, 0.3) is 0 Å². The fourth-order valence-electron chi connectivity index (χ4n) is 8.31. The average molecular weight is 386 g/mol. The number of nitrogens with one attached hydrogen (secondary N) is 1. The minimum Gasteiger partial charge on any atom is -0.390 e. The second-order valence-electron chi connectivity index (χ2n) is 11.3. The van der Waals surface area contributed by atoms with Crippen LogP contribution in [0.4, 0.5) is 0 Å². The molecule has 4 aliphatic carbocycles. The summed E-state index contributed by atoms with van der Waals surface area (Å²) in [6.45, 7) is 4.48. The van der Waals surface area contributed by atoms with Gasteiger partial charge in [-0.15, -0.1) is 0 Å². The highest BCUT2D eigenvalue weighted by atomic mass is 16.3. The molecular formula is C24H39N3O. The van der Waals surface area contributed by atoms with E-state index in [1.165, 1.54) is 19.3 Å². The van der Waals surface area contributed by atoms with E-state index in [0.717, 1.165) is 44.9 Å². The summed E-state index contributed by atoms with van der Waals surface area (Å²) < 4.78 is 0. The molecule has 0 spiro atoms. The molecule has 6 N–H and O–H groups in total. The Kier molecular flexibility index (Phi) is 4.16. The Bertz CT molecular complexity index is 715. The number of hydrogen-bond acceptors (Lipinski definition) is 4. The van der Waals surface area contributed by atoms with Crippen molar-refractivity contribution in [3.05, 3.63) is 23.9 Å². The van der Waals surface area contributed by atoms with Gasteiger partial charge in [-0.3, -0.25) is 0 Å². The molecule has 1 heterocycles. The van der Waals surface area contributed by atoms with Crippen LogP contribution in [-0.2, 0) is 0 Å². The molecule has 3 fully saturated rings. The van der Waals surface area contributed by atoms with Crippen LogP contribution in [0.1, 0.15) is 78.1 Å². The van der Waals surface area contributed by atoms with Crippen LogP contribution in [0.15, 0.2) is 23.9 Å². The normalized spacial score (nSPS) is 55.5. The molecular weight excluding hydrogens is 346 g/mol. The van der Waals surface area contributed by atoms with E-state index in [1.54, 1.807) is 5.57 Å². The fourth-order valence-corrected chi connectivity index (χ4v) is 8.31. The zero-order valence-electron chi connectivity index (χ0n) is 17.7. The lowest BCUT2D eigenvalue weighted by atomic mass is 9.43. The highest BCUT2D eigenvalue weighted by Gasteiger charge is 2.65. The van der Waals surface area contributed by atoms with Crippen molar-refractivity contribution in [2.45, 2.75) is 101 Å². The lowest BCUT2D eigenvalue weighted by Gasteiger charge is -2.65. The Labute approximate surface area is 170 Å². The molecule has 156 valence electrons. The zero-order chi connectivity index (χ0) is 19.8. The van der Waals surface area contributed by atoms with E-state index < -0.39 is 5.60 Å². The first-order valence-corrected chi connectivity index (χ1v) is 11.6. The molecule has 0 saturated heterocycles. The van der Waals surface area contributed by atoms with Gasteiger partial charge in [0.1, 0.15) is 0 Å². The predicted octanol–water partition coefficient (Wildman–Crippen LogP) is 3.35. The van der Waals surface area contributed by atoms with Gasteiger partial charge in [0.15, 0.2) is 0 Å². The molecule has 0 amide bonds. The summed E-state index contributed by atoms with van der Waals surface area (Å²) in [4.78, 5) is 0. The Morgan fingerprint density at radius 1 is 1.00 bits per heavy atom. The van der Waals surface area contributed by atoms with Crippen molar-refractivity contribution in [1.82, 2.24) is 5.32 Å². The molecule has 0 radical (unpaired) electrons. The smallest absolute Gasteiger partial charge is 0.0623 e. The summed E-state index contributed by atoms with van der Waals surface area (Å²) >= 11 is 0. The van der Waals surface area contributed by atoms with Gasteiger partial charge >= 0.3 is 0 Å². The minimum absolute atomic E-state index is 0.162. The Hall–Kier alpha value is -0.840. The third kappa shape index (κ3) is 2.53. The SMILES string of the molecule is C[C@@]1(O)CC[C@@]2(N)[C@H](CCC3(N)[C@@H]2CC[C@]2(C)C(C4CCC=CN4)=CC[C@@H]32)C1. The van der Waals surface area contributed by atoms with Gasteiger partial charge in [-0.25, -0.2) is 0 Å². The van der Waals surface area contributed by atoms with Crippen molar-refractivity contribution in [3.63, 3.8) is 0 Å². The first-order valence-electron chi connectivity index (χ1n) is 11.6. The van der Waals surface area contributed by atoms with Gasteiger partial charge < -0.3 is 21.9 Å². The van der Waals surface area contributed by atoms with Crippen molar-refractivity contribution in [1.29, 1.82) is 0 Å². The van der Waals surface area contributed by atoms with Crippen LogP contribution in [0, 0.1) is 23.2 Å². The van der Waals surface area contributed by atoms with E-state index in [9.17, 15) is 5.11 Å². The maximum absolute atomic E-state index is 10.7. The van der Waals surface area contributed by atoms with E-state index in [-0.39, 0.29) is 16.5 Å². The van der Waals surface area contributed by atoms with E-state index in [4.69, 9.17) is 11.5 Å². The van der Waals surface area contributed by atoms with Crippen molar-refractivity contribution in [2.75, 3.05) is 0 Å². The summed E-state index contributed by atoms with van der Waals surface area (Å²) in [7, 11) is 0. The highest BCUT2D eigenvalue weighted by Crippen LogP contribution is 2.65. The van der Waals surface area contributed by atoms with Gasteiger partial charge in [0.25, 0.3) is 0 Å². The van der Waals surface area contributed by atoms with Crippen molar-refractivity contribution >= 4 is 0 Å². The molecule has 0 aromatic heterocycles. The number of rotatable bonds is 1. The average Bonchev–Trinajstić information content (AvgIpc) is 3.02. The number of allylic oxidation sites excluding steroid dienone is 2. The Balaban J connectivity index is 1.44. The van der Waals surface area contributed by atoms with Gasteiger partial charge in [-0.2, -0.15) is 0 Å². The van der Waals surface area contributed by atoms with Gasteiger partial charge in [0.05, 0.1) is 5.60 Å². The summed E-state index contributed by atoms with van der Waals surface area (Å²) in [6, 6.07) is 0.480. The second-order valence-corrected chi connectivity index (χ2v) is 11.3. The van der Waals surface area contributed by atoms with Crippen LogP contribution in [0.3, 0.4) is 0 Å². The first kappa shape index (κ1) is 19.1. The maximum Gasteiger partial charge on any atom is 0.0623 e. The van der Waals surface area contributed by atoms with Crippen LogP contribution < -0.4 is 16.8 Å². The van der Waals surface area contributed by atoms with Gasteiger partial charge in [0, 0.05) is 17.1 Å². The number of hydrogen-bond donors (Lipinski definition) is 4. The lowest BCUT2D eigenvalue weighted by molar-refractivity contribution is -0.116. The first-order chi connectivity index (χ1) is 13.2. The van der Waals surface area contributed by atoms with Crippen LogP contribution in [0.5, 0.6) is 0 Å². The van der Waals surface area contributed by atoms with Crippen molar-refractivity contribution < 1.29 is 5.11 Å². The molecule has 0 aromatic carbocycles. The largest absolute Gasteiger partial charge is 0.390 e. The molecule has 8 atom stereocenters. The number of nitrogens with two attached hydrogens (primary N) is 2. The van der Waals surface area contributed by atoms with Gasteiger partial charge in [-0.1, -0.05) is 19.1 Å². The molecule has 5 aliphatic rings. The van der Waals surface area contributed by atoms with E-state index in [1.807, 2.05) is 6.92 Å². The Morgan fingerprint density at radius 2 is 1.82 bits per heavy atom. The van der Waals surface area contributed by atoms with Gasteiger partial charge in [-0.05, 0) is 106 Å². The molecule has 1 aliphatic heterocycles. The van der Waals surface area contributed by atoms with E-state index >= 15 is 0 Å². The second kappa shape index (κ2) is 6.09. The molecule has 4 nitrogen and oxygen atoms in total. The molecule has 0 bridgehead atoms. The summed E-state index contributed by atoms with van der Waals surface area (Å²) in [5, 5.41) is 14.3. The van der Waals surface area contributed by atoms with Gasteiger partial charge in [0.2, 0.25) is 0 Å². The zero-order valence-corrected chi connectivity index (χ0v) is 17.7. The Morgan fingerprint density at radius 3 is 2.57 bits per heavy atom. The molecule has 4 heteroatoms. The van der Waals surface area contributed by atoms with Crippen LogP contribution >= 0.6 is 0 Å². The fraction of sp³-hybridized carbons (Fsp3) is 0.833. The molecule has 3 saturated carbocycles. The summed E-state index contributed by atoms with van der Waals surface area (Å²) in [5.41, 5.74) is 15.5.